The fourth-order valence-corrected chi connectivity index (χ4v) is 2.43. The Morgan fingerprint density at radius 3 is 2.53 bits per heavy atom. The van der Waals surface area contributed by atoms with E-state index in [1.54, 1.807) is 0 Å². The lowest BCUT2D eigenvalue weighted by atomic mass is 9.78. The first kappa shape index (κ1) is 12.3. The monoisotopic (exact) mass is 209 g/mol. The molecule has 2 nitrogen and oxygen atoms in total. The van der Waals surface area contributed by atoms with Crippen molar-refractivity contribution in [1.82, 2.24) is 5.32 Å². The van der Waals surface area contributed by atoms with Crippen LogP contribution in [0, 0.1) is 11.8 Å². The van der Waals surface area contributed by atoms with Gasteiger partial charge in [-0.3, -0.25) is 4.79 Å². The molecule has 0 aromatic carbocycles. The molecule has 1 rings (SSSR count). The Labute approximate surface area is 93.1 Å². The molecule has 0 saturated heterocycles. The molecule has 0 spiro atoms. The van der Waals surface area contributed by atoms with Crippen molar-refractivity contribution in [2.75, 3.05) is 0 Å². The van der Waals surface area contributed by atoms with E-state index in [0.29, 0.717) is 6.04 Å². The molecular weight excluding hydrogens is 186 g/mol. The van der Waals surface area contributed by atoms with Crippen molar-refractivity contribution < 1.29 is 4.79 Å². The molecule has 0 aromatic heterocycles. The van der Waals surface area contributed by atoms with Crippen molar-refractivity contribution in [2.24, 2.45) is 11.8 Å². The molecule has 1 amide bonds. The quantitative estimate of drug-likeness (QED) is 0.709. The average Bonchev–Trinajstić information content (AvgIpc) is 2.29. The van der Waals surface area contributed by atoms with Crippen LogP contribution in [0.4, 0.5) is 0 Å². The van der Waals surface area contributed by atoms with Gasteiger partial charge < -0.3 is 5.32 Å². The Bertz CT molecular complexity index is 217. The number of hydrogen-bond acceptors (Lipinski definition) is 1. The van der Waals surface area contributed by atoms with Crippen LogP contribution in [0.3, 0.4) is 0 Å². The van der Waals surface area contributed by atoms with Gasteiger partial charge in [-0.1, -0.05) is 26.8 Å². The normalized spacial score (nSPS) is 28.1. The molecule has 0 heterocycles. The van der Waals surface area contributed by atoms with Crippen molar-refractivity contribution in [3.8, 4) is 0 Å². The van der Waals surface area contributed by atoms with Crippen LogP contribution in [0.15, 0.2) is 12.7 Å². The van der Waals surface area contributed by atoms with Crippen LogP contribution < -0.4 is 5.32 Å². The second-order valence-corrected chi connectivity index (χ2v) is 4.71. The van der Waals surface area contributed by atoms with Gasteiger partial charge >= 0.3 is 0 Å². The molecule has 86 valence electrons. The average molecular weight is 209 g/mol. The first-order valence-corrected chi connectivity index (χ1v) is 6.10. The Kier molecular flexibility index (Phi) is 4.86. The Morgan fingerprint density at radius 1 is 1.47 bits per heavy atom. The minimum absolute atomic E-state index is 0.0259. The van der Waals surface area contributed by atoms with Gasteiger partial charge in [0.15, 0.2) is 0 Å². The summed E-state index contributed by atoms with van der Waals surface area (Å²) < 4.78 is 0. The van der Waals surface area contributed by atoms with Gasteiger partial charge in [-0.2, -0.15) is 0 Å². The summed E-state index contributed by atoms with van der Waals surface area (Å²) in [6.45, 7) is 8.07. The van der Waals surface area contributed by atoms with Gasteiger partial charge in [0.05, 0.1) is 0 Å². The molecule has 0 aromatic rings. The van der Waals surface area contributed by atoms with E-state index in [-0.39, 0.29) is 5.91 Å². The largest absolute Gasteiger partial charge is 0.350 e. The molecule has 0 radical (unpaired) electrons. The van der Waals surface area contributed by atoms with Crippen LogP contribution >= 0.6 is 0 Å². The van der Waals surface area contributed by atoms with Crippen molar-refractivity contribution >= 4 is 5.91 Å². The highest BCUT2D eigenvalue weighted by Crippen LogP contribution is 2.31. The van der Waals surface area contributed by atoms with Crippen LogP contribution in [-0.4, -0.2) is 11.9 Å². The zero-order chi connectivity index (χ0) is 11.3. The maximum absolute atomic E-state index is 11.1. The van der Waals surface area contributed by atoms with Gasteiger partial charge in [0.1, 0.15) is 0 Å². The van der Waals surface area contributed by atoms with Crippen molar-refractivity contribution in [2.45, 2.75) is 52.0 Å². The third-order valence-corrected chi connectivity index (χ3v) is 3.75. The van der Waals surface area contributed by atoms with Crippen molar-refractivity contribution in [3.05, 3.63) is 12.7 Å². The molecular formula is C13H23NO. The number of rotatable bonds is 4. The minimum Gasteiger partial charge on any atom is -0.350 e. The van der Waals surface area contributed by atoms with Gasteiger partial charge in [0, 0.05) is 6.04 Å². The summed E-state index contributed by atoms with van der Waals surface area (Å²) in [6, 6.07) is 0.385. The number of carbonyl (C=O) groups excluding carboxylic acids is 1. The Morgan fingerprint density at radius 2 is 2.07 bits per heavy atom. The van der Waals surface area contributed by atoms with Crippen molar-refractivity contribution in [1.29, 1.82) is 0 Å². The zero-order valence-corrected chi connectivity index (χ0v) is 9.96. The fraction of sp³-hybridized carbons (Fsp3) is 0.769. The third-order valence-electron chi connectivity index (χ3n) is 3.75. The van der Waals surface area contributed by atoms with E-state index in [1.807, 2.05) is 0 Å². The number of hydrogen-bond donors (Lipinski definition) is 1. The lowest BCUT2D eigenvalue weighted by molar-refractivity contribution is -0.117. The Hall–Kier alpha value is -0.790. The predicted octanol–water partition coefficient (Wildman–Crippen LogP) is 2.89. The molecule has 0 bridgehead atoms. The third kappa shape index (κ3) is 3.69. The van der Waals surface area contributed by atoms with E-state index in [2.05, 4.69) is 25.7 Å². The lowest BCUT2D eigenvalue weighted by Gasteiger charge is -2.32. The minimum atomic E-state index is -0.0259. The van der Waals surface area contributed by atoms with Crippen LogP contribution in [0.1, 0.15) is 46.0 Å². The van der Waals surface area contributed by atoms with Gasteiger partial charge in [-0.25, -0.2) is 0 Å². The predicted molar refractivity (Wildman–Crippen MR) is 63.5 cm³/mol. The first-order chi connectivity index (χ1) is 7.17. The van der Waals surface area contributed by atoms with Crippen LogP contribution in [-0.2, 0) is 4.79 Å². The molecule has 1 atom stereocenters. The summed E-state index contributed by atoms with van der Waals surface area (Å²) in [5.74, 6) is 1.68. The second-order valence-electron chi connectivity index (χ2n) is 4.71. The molecule has 1 fully saturated rings. The van der Waals surface area contributed by atoms with E-state index in [1.165, 1.54) is 25.3 Å². The topological polar surface area (TPSA) is 29.1 Å². The summed E-state index contributed by atoms with van der Waals surface area (Å²) in [6.07, 6.45) is 7.42. The number of amides is 1. The SMILES string of the molecule is C=CC(=O)N[C@H]1CC[C@H](C(C)CC)CC1. The van der Waals surface area contributed by atoms with Crippen LogP contribution in [0.25, 0.3) is 0 Å². The Balaban J connectivity index is 2.29. The molecule has 1 saturated carbocycles. The summed E-state index contributed by atoms with van der Waals surface area (Å²) in [5.41, 5.74) is 0. The molecule has 15 heavy (non-hydrogen) atoms. The smallest absolute Gasteiger partial charge is 0.243 e. The van der Waals surface area contributed by atoms with E-state index in [9.17, 15) is 4.79 Å². The molecule has 1 unspecified atom stereocenters. The van der Waals surface area contributed by atoms with Gasteiger partial charge in [-0.15, -0.1) is 0 Å². The maximum atomic E-state index is 11.1. The van der Waals surface area contributed by atoms with E-state index < -0.39 is 0 Å². The highest BCUT2D eigenvalue weighted by molar-refractivity contribution is 5.87. The van der Waals surface area contributed by atoms with Crippen molar-refractivity contribution in [3.63, 3.8) is 0 Å². The highest BCUT2D eigenvalue weighted by Gasteiger charge is 2.24. The molecule has 2 heteroatoms. The fourth-order valence-electron chi connectivity index (χ4n) is 2.43. The van der Waals surface area contributed by atoms with Gasteiger partial charge in [0.2, 0.25) is 5.91 Å². The molecule has 1 aliphatic rings. The number of carbonyl (C=O) groups is 1. The summed E-state index contributed by atoms with van der Waals surface area (Å²) in [5, 5.41) is 2.99. The van der Waals surface area contributed by atoms with Crippen LogP contribution in [0.2, 0.25) is 0 Å². The summed E-state index contributed by atoms with van der Waals surface area (Å²) >= 11 is 0. The standard InChI is InChI=1S/C13H23NO/c1-4-10(3)11-6-8-12(9-7-11)14-13(15)5-2/h5,10-12H,2,4,6-9H2,1,3H3,(H,14,15)/t10?,11-,12-. The maximum Gasteiger partial charge on any atom is 0.243 e. The van der Waals surface area contributed by atoms with E-state index >= 15 is 0 Å². The van der Waals surface area contributed by atoms with Gasteiger partial charge in [0.25, 0.3) is 0 Å². The molecule has 1 aliphatic carbocycles. The molecule has 0 aliphatic heterocycles. The first-order valence-electron chi connectivity index (χ1n) is 6.10. The van der Waals surface area contributed by atoms with E-state index in [0.717, 1.165) is 24.7 Å². The van der Waals surface area contributed by atoms with Gasteiger partial charge in [-0.05, 0) is 43.6 Å². The number of nitrogens with one attached hydrogen (secondary N) is 1. The van der Waals surface area contributed by atoms with Crippen LogP contribution in [0.5, 0.6) is 0 Å². The highest BCUT2D eigenvalue weighted by atomic mass is 16.1. The molecule has 1 N–H and O–H groups in total. The van der Waals surface area contributed by atoms with E-state index in [4.69, 9.17) is 0 Å². The summed E-state index contributed by atoms with van der Waals surface area (Å²) in [4.78, 5) is 11.1. The summed E-state index contributed by atoms with van der Waals surface area (Å²) in [7, 11) is 0. The second kappa shape index (κ2) is 5.94. The zero-order valence-electron chi connectivity index (χ0n) is 9.96. The lowest BCUT2D eigenvalue weighted by Crippen LogP contribution is -2.37.